The number of hydrogen-bond donors (Lipinski definition) is 2. The Balaban J connectivity index is 1.87. The fourth-order valence-corrected chi connectivity index (χ4v) is 2.85. The first kappa shape index (κ1) is 15.0. The summed E-state index contributed by atoms with van der Waals surface area (Å²) in [6, 6.07) is 5.59. The third-order valence-corrected chi connectivity index (χ3v) is 4.01. The van der Waals surface area contributed by atoms with Gasteiger partial charge in [0.1, 0.15) is 6.23 Å². The van der Waals surface area contributed by atoms with Crippen LogP contribution >= 0.6 is 0 Å². The Morgan fingerprint density at radius 1 is 1.50 bits per heavy atom. The van der Waals surface area contributed by atoms with Crippen molar-refractivity contribution in [3.8, 4) is 0 Å². The molecular weight excluding hydrogens is 286 g/mol. The zero-order valence-corrected chi connectivity index (χ0v) is 12.4. The maximum absolute atomic E-state index is 11.2. The van der Waals surface area contributed by atoms with Crippen LogP contribution in [0.5, 0.6) is 0 Å². The highest BCUT2D eigenvalue weighted by Crippen LogP contribution is 2.22. The molecule has 118 valence electrons. The van der Waals surface area contributed by atoms with Gasteiger partial charge in [-0.1, -0.05) is 18.2 Å². The first-order valence-corrected chi connectivity index (χ1v) is 7.24. The van der Waals surface area contributed by atoms with Crippen LogP contribution in [0.25, 0.3) is 10.9 Å². The molecule has 0 amide bonds. The molecule has 1 aliphatic rings. The molecule has 2 heterocycles. The molecular formula is C15H19N3O4. The number of para-hydroxylation sites is 1. The van der Waals surface area contributed by atoms with E-state index in [1.54, 1.807) is 13.2 Å². The highest BCUT2D eigenvalue weighted by Gasteiger charge is 2.23. The van der Waals surface area contributed by atoms with Crippen LogP contribution in [0.15, 0.2) is 18.2 Å². The van der Waals surface area contributed by atoms with Gasteiger partial charge in [0.2, 0.25) is 0 Å². The average molecular weight is 305 g/mol. The van der Waals surface area contributed by atoms with E-state index in [0.717, 1.165) is 24.2 Å². The number of carboxylic acids is 1. The van der Waals surface area contributed by atoms with Crippen LogP contribution in [-0.4, -0.2) is 65.8 Å². The third kappa shape index (κ3) is 2.83. The molecule has 2 aromatic rings. The summed E-state index contributed by atoms with van der Waals surface area (Å²) in [7, 11) is 1.69. The Labute approximate surface area is 127 Å². The number of H-pyrrole nitrogens is 1. The molecule has 2 N–H and O–H groups in total. The molecule has 3 rings (SSSR count). The number of nitrogens with zero attached hydrogens (tertiary/aromatic N) is 2. The minimum absolute atomic E-state index is 0.0530. The number of aromatic amines is 1. The minimum atomic E-state index is -1.03. The number of aromatic carboxylic acids is 1. The molecule has 1 unspecified atom stereocenters. The summed E-state index contributed by atoms with van der Waals surface area (Å²) in [5, 5.41) is 16.5. The van der Waals surface area contributed by atoms with Gasteiger partial charge >= 0.3 is 5.97 Å². The number of fused-ring (bicyclic) bond motifs is 1. The molecule has 1 aliphatic heterocycles. The molecule has 22 heavy (non-hydrogen) atoms. The second-order valence-electron chi connectivity index (χ2n) is 5.26. The van der Waals surface area contributed by atoms with Crippen LogP contribution < -0.4 is 0 Å². The van der Waals surface area contributed by atoms with E-state index in [2.05, 4.69) is 15.1 Å². The number of rotatable bonds is 5. The Kier molecular flexibility index (Phi) is 4.37. The molecule has 0 aliphatic carbocycles. The van der Waals surface area contributed by atoms with Crippen molar-refractivity contribution in [2.45, 2.75) is 12.6 Å². The van der Waals surface area contributed by atoms with E-state index in [1.165, 1.54) is 0 Å². The first-order chi connectivity index (χ1) is 10.7. The van der Waals surface area contributed by atoms with E-state index in [0.29, 0.717) is 25.0 Å². The molecule has 1 atom stereocenters. The highest BCUT2D eigenvalue weighted by atomic mass is 16.5. The van der Waals surface area contributed by atoms with Gasteiger partial charge in [0.05, 0.1) is 18.7 Å². The number of ether oxygens (including phenoxy) is 2. The van der Waals surface area contributed by atoms with Crippen molar-refractivity contribution in [2.24, 2.45) is 0 Å². The second-order valence-corrected chi connectivity index (χ2v) is 5.26. The Morgan fingerprint density at radius 3 is 2.95 bits per heavy atom. The van der Waals surface area contributed by atoms with Crippen molar-refractivity contribution in [3.05, 3.63) is 29.5 Å². The number of methoxy groups -OCH3 is 1. The monoisotopic (exact) mass is 305 g/mol. The molecule has 0 spiro atoms. The zero-order valence-electron chi connectivity index (χ0n) is 12.4. The summed E-state index contributed by atoms with van der Waals surface area (Å²) < 4.78 is 11.0. The van der Waals surface area contributed by atoms with Gasteiger partial charge in [0.25, 0.3) is 0 Å². The van der Waals surface area contributed by atoms with Gasteiger partial charge in [-0.15, -0.1) is 0 Å². The van der Waals surface area contributed by atoms with E-state index >= 15 is 0 Å². The topological polar surface area (TPSA) is 87.7 Å². The van der Waals surface area contributed by atoms with Crippen molar-refractivity contribution in [2.75, 3.05) is 33.4 Å². The smallest absolute Gasteiger partial charge is 0.357 e. The normalized spacial score (nSPS) is 17.7. The van der Waals surface area contributed by atoms with Crippen LogP contribution in [0, 0.1) is 0 Å². The molecule has 1 aromatic heterocycles. The van der Waals surface area contributed by atoms with Crippen LogP contribution in [0.1, 0.15) is 16.1 Å². The first-order valence-electron chi connectivity index (χ1n) is 7.24. The number of benzene rings is 1. The van der Waals surface area contributed by atoms with Gasteiger partial charge in [-0.05, 0) is 5.56 Å². The van der Waals surface area contributed by atoms with Gasteiger partial charge in [0, 0.05) is 32.0 Å². The van der Waals surface area contributed by atoms with Crippen LogP contribution in [-0.2, 0) is 15.9 Å². The SMILES string of the molecule is COC(Cc1cccc2c(C(=O)O)n[nH]c12)N1CCOCC1. The number of hydrogen-bond acceptors (Lipinski definition) is 5. The Morgan fingerprint density at radius 2 is 2.27 bits per heavy atom. The fourth-order valence-electron chi connectivity index (χ4n) is 2.85. The van der Waals surface area contributed by atoms with E-state index in [1.807, 2.05) is 12.1 Å². The predicted molar refractivity (Wildman–Crippen MR) is 79.9 cm³/mol. The van der Waals surface area contributed by atoms with Crippen LogP contribution in [0.3, 0.4) is 0 Å². The van der Waals surface area contributed by atoms with Gasteiger partial charge in [-0.2, -0.15) is 5.10 Å². The molecule has 1 aromatic carbocycles. The van der Waals surface area contributed by atoms with Gasteiger partial charge < -0.3 is 14.6 Å². The largest absolute Gasteiger partial charge is 0.476 e. The molecule has 0 bridgehead atoms. The lowest BCUT2D eigenvalue weighted by atomic mass is 10.1. The van der Waals surface area contributed by atoms with Gasteiger partial charge in [-0.3, -0.25) is 10.00 Å². The summed E-state index contributed by atoms with van der Waals surface area (Å²) in [6.45, 7) is 3.07. The summed E-state index contributed by atoms with van der Waals surface area (Å²) in [5.74, 6) is -1.03. The van der Waals surface area contributed by atoms with E-state index in [4.69, 9.17) is 14.6 Å². The standard InChI is InChI=1S/C15H19N3O4/c1-21-12(18-5-7-22-8-6-18)9-10-3-2-4-11-13(10)16-17-14(11)15(19)20/h2-4,12H,5-9H2,1H3,(H,16,17)(H,19,20). The molecule has 0 saturated carbocycles. The predicted octanol–water partition coefficient (Wildman–Crippen LogP) is 1.11. The van der Waals surface area contributed by atoms with Crippen LogP contribution in [0.4, 0.5) is 0 Å². The number of nitrogens with one attached hydrogen (secondary N) is 1. The number of morpholine rings is 1. The molecule has 1 fully saturated rings. The molecule has 0 radical (unpaired) electrons. The summed E-state index contributed by atoms with van der Waals surface area (Å²) in [5.41, 5.74) is 1.81. The summed E-state index contributed by atoms with van der Waals surface area (Å²) in [4.78, 5) is 13.4. The number of carboxylic acid groups (broad SMARTS) is 1. The van der Waals surface area contributed by atoms with Crippen molar-refractivity contribution < 1.29 is 19.4 Å². The Hall–Kier alpha value is -1.96. The van der Waals surface area contributed by atoms with E-state index in [-0.39, 0.29) is 11.9 Å². The van der Waals surface area contributed by atoms with Crippen LogP contribution in [0.2, 0.25) is 0 Å². The quantitative estimate of drug-likeness (QED) is 0.860. The maximum Gasteiger partial charge on any atom is 0.357 e. The fraction of sp³-hybridized carbons (Fsp3) is 0.467. The minimum Gasteiger partial charge on any atom is -0.476 e. The number of aromatic nitrogens is 2. The van der Waals surface area contributed by atoms with Crippen molar-refractivity contribution in [1.29, 1.82) is 0 Å². The van der Waals surface area contributed by atoms with Crippen molar-refractivity contribution in [3.63, 3.8) is 0 Å². The molecule has 1 saturated heterocycles. The lowest BCUT2D eigenvalue weighted by molar-refractivity contribution is -0.0776. The highest BCUT2D eigenvalue weighted by molar-refractivity contribution is 6.01. The van der Waals surface area contributed by atoms with Gasteiger partial charge in [0.15, 0.2) is 5.69 Å². The third-order valence-electron chi connectivity index (χ3n) is 4.01. The van der Waals surface area contributed by atoms with E-state index < -0.39 is 5.97 Å². The molecule has 7 heteroatoms. The average Bonchev–Trinajstić information content (AvgIpc) is 2.98. The van der Waals surface area contributed by atoms with Gasteiger partial charge in [-0.25, -0.2) is 4.79 Å². The van der Waals surface area contributed by atoms with Crippen molar-refractivity contribution >= 4 is 16.9 Å². The lowest BCUT2D eigenvalue weighted by Gasteiger charge is -2.33. The maximum atomic E-state index is 11.2. The second kappa shape index (κ2) is 6.43. The Bertz CT molecular complexity index is 664. The van der Waals surface area contributed by atoms with Crippen molar-refractivity contribution in [1.82, 2.24) is 15.1 Å². The zero-order chi connectivity index (χ0) is 15.5. The summed E-state index contributed by atoms with van der Waals surface area (Å²) >= 11 is 0. The lowest BCUT2D eigenvalue weighted by Crippen LogP contribution is -2.45. The number of carbonyl (C=O) groups is 1. The van der Waals surface area contributed by atoms with E-state index in [9.17, 15) is 4.79 Å². The summed E-state index contributed by atoms with van der Waals surface area (Å²) in [6.07, 6.45) is 0.598. The molecule has 7 nitrogen and oxygen atoms in total.